The summed E-state index contributed by atoms with van der Waals surface area (Å²) >= 11 is 0. The van der Waals surface area contributed by atoms with Gasteiger partial charge in [-0.05, 0) is 82.8 Å². The number of anilines is 1. The van der Waals surface area contributed by atoms with Crippen LogP contribution in [0.1, 0.15) is 45.1 Å². The Kier molecular flexibility index (Phi) is 8.53. The zero-order valence-electron chi connectivity index (χ0n) is 24.0. The highest BCUT2D eigenvalue weighted by Gasteiger charge is 2.44. The summed E-state index contributed by atoms with van der Waals surface area (Å²) in [4.78, 5) is 22.3. The highest BCUT2D eigenvalue weighted by molar-refractivity contribution is 7.91. The molecule has 11 heteroatoms. The van der Waals surface area contributed by atoms with E-state index in [1.807, 2.05) is 4.90 Å². The van der Waals surface area contributed by atoms with Crippen LogP contribution >= 0.6 is 0 Å². The number of pyridine rings is 1. The van der Waals surface area contributed by atoms with E-state index in [9.17, 15) is 26.4 Å². The first-order chi connectivity index (χ1) is 19.8. The minimum absolute atomic E-state index is 0.0392. The Morgan fingerprint density at radius 3 is 2.50 bits per heavy atom. The number of hydrogen-bond donors (Lipinski definition) is 1. The number of rotatable bonds is 8. The number of benzene rings is 2. The molecule has 1 N–H and O–H groups in total. The second-order valence-corrected chi connectivity index (χ2v) is 13.8. The van der Waals surface area contributed by atoms with Crippen LogP contribution in [0.3, 0.4) is 0 Å². The number of alkyl halides is 3. The van der Waals surface area contributed by atoms with E-state index in [2.05, 4.69) is 36.1 Å². The average molecular weight is 603 g/mol. The van der Waals surface area contributed by atoms with Crippen LogP contribution in [0.25, 0.3) is 10.9 Å². The van der Waals surface area contributed by atoms with Crippen LogP contribution < -0.4 is 5.32 Å². The average Bonchev–Trinajstić information content (AvgIpc) is 3.31. The number of sulfone groups is 1. The molecule has 42 heavy (non-hydrogen) atoms. The van der Waals surface area contributed by atoms with Crippen molar-refractivity contribution in [2.24, 2.45) is 5.92 Å². The normalized spacial score (nSPS) is 23.7. The Morgan fingerprint density at radius 1 is 1.07 bits per heavy atom. The van der Waals surface area contributed by atoms with Crippen molar-refractivity contribution in [1.82, 2.24) is 14.8 Å². The van der Waals surface area contributed by atoms with Crippen molar-refractivity contribution in [3.8, 4) is 0 Å². The molecule has 1 aliphatic heterocycles. The van der Waals surface area contributed by atoms with E-state index in [-0.39, 0.29) is 40.1 Å². The third-order valence-corrected chi connectivity index (χ3v) is 10.7. The summed E-state index contributed by atoms with van der Waals surface area (Å²) in [5.74, 6) is -0.391. The molecule has 0 radical (unpaired) electrons. The van der Waals surface area contributed by atoms with Crippen LogP contribution in [0, 0.1) is 5.92 Å². The lowest BCUT2D eigenvalue weighted by Crippen LogP contribution is -2.52. The molecular formula is C31H37F3N4O3S. The smallest absolute Gasteiger partial charge is 0.373 e. The lowest BCUT2D eigenvalue weighted by Gasteiger charge is -2.44. The van der Waals surface area contributed by atoms with E-state index in [1.165, 1.54) is 12.3 Å². The predicted molar refractivity (Wildman–Crippen MR) is 157 cm³/mol. The highest BCUT2D eigenvalue weighted by atomic mass is 32.2. The van der Waals surface area contributed by atoms with E-state index in [1.54, 1.807) is 36.4 Å². The second-order valence-electron chi connectivity index (χ2n) is 11.8. The summed E-state index contributed by atoms with van der Waals surface area (Å²) in [6, 6.07) is 13.2. The van der Waals surface area contributed by atoms with Crippen LogP contribution in [0.5, 0.6) is 0 Å². The van der Waals surface area contributed by atoms with Gasteiger partial charge in [-0.15, -0.1) is 0 Å². The molecule has 1 aromatic heterocycles. The Morgan fingerprint density at radius 2 is 1.81 bits per heavy atom. The molecule has 2 aliphatic rings. The van der Waals surface area contributed by atoms with Crippen LogP contribution in [0.2, 0.25) is 0 Å². The lowest BCUT2D eigenvalue weighted by atomic mass is 9.81. The van der Waals surface area contributed by atoms with Gasteiger partial charge in [0.25, 0.3) is 0 Å². The molecule has 7 nitrogen and oxygen atoms in total. The molecular weight excluding hydrogens is 565 g/mol. The van der Waals surface area contributed by atoms with Gasteiger partial charge in [0.05, 0.1) is 21.7 Å². The zero-order chi connectivity index (χ0) is 30.2. The summed E-state index contributed by atoms with van der Waals surface area (Å²) in [6.07, 6.45) is -0.308. The van der Waals surface area contributed by atoms with Gasteiger partial charge in [-0.3, -0.25) is 9.78 Å². The summed E-state index contributed by atoms with van der Waals surface area (Å²) in [5, 5.41) is 3.75. The van der Waals surface area contributed by atoms with Crippen LogP contribution in [0.15, 0.2) is 65.7 Å². The largest absolute Gasteiger partial charge is 0.416 e. The quantitative estimate of drug-likeness (QED) is 0.361. The SMILES string of the molecule is CC(C)N(C)[C@@H]1CC[C@H](N2CC[C@@H](Nc3ccnc4cc(C(F)(F)F)ccc34)C2=O)[C@@H](CS(=O)(=O)c2ccccc2)C1. The number of fused-ring (bicyclic) bond motifs is 1. The van der Waals surface area contributed by atoms with Crippen molar-refractivity contribution in [2.45, 2.75) is 74.8 Å². The van der Waals surface area contributed by atoms with Crippen molar-refractivity contribution in [3.05, 3.63) is 66.4 Å². The molecule has 1 saturated carbocycles. The van der Waals surface area contributed by atoms with E-state index in [0.717, 1.165) is 18.6 Å². The van der Waals surface area contributed by atoms with E-state index in [0.29, 0.717) is 42.9 Å². The Bertz CT molecular complexity index is 1530. The van der Waals surface area contributed by atoms with E-state index in [4.69, 9.17) is 0 Å². The van der Waals surface area contributed by atoms with Gasteiger partial charge in [-0.25, -0.2) is 8.42 Å². The molecule has 1 saturated heterocycles. The van der Waals surface area contributed by atoms with Gasteiger partial charge in [0.1, 0.15) is 6.04 Å². The lowest BCUT2D eigenvalue weighted by molar-refractivity contribution is -0.137. The number of hydrogen-bond acceptors (Lipinski definition) is 6. The number of carbonyl (C=O) groups excluding carboxylic acids is 1. The minimum atomic E-state index is -4.48. The maximum absolute atomic E-state index is 13.8. The summed E-state index contributed by atoms with van der Waals surface area (Å²) in [6.45, 7) is 4.72. The van der Waals surface area contributed by atoms with Gasteiger partial charge in [-0.1, -0.05) is 24.3 Å². The van der Waals surface area contributed by atoms with E-state index >= 15 is 0 Å². The molecule has 1 amide bonds. The van der Waals surface area contributed by atoms with Crippen molar-refractivity contribution in [2.75, 3.05) is 24.7 Å². The number of nitrogens with one attached hydrogen (secondary N) is 1. The van der Waals surface area contributed by atoms with Gasteiger partial charge >= 0.3 is 6.18 Å². The number of carbonyl (C=O) groups is 1. The van der Waals surface area contributed by atoms with Crippen LogP contribution in [0.4, 0.5) is 18.9 Å². The molecule has 0 bridgehead atoms. The maximum Gasteiger partial charge on any atom is 0.416 e. The fourth-order valence-electron chi connectivity index (χ4n) is 6.41. The van der Waals surface area contributed by atoms with Gasteiger partial charge in [0.2, 0.25) is 5.91 Å². The van der Waals surface area contributed by atoms with Crippen molar-refractivity contribution in [1.29, 1.82) is 0 Å². The monoisotopic (exact) mass is 602 g/mol. The molecule has 3 aromatic rings. The molecule has 2 fully saturated rings. The molecule has 5 rings (SSSR count). The fourth-order valence-corrected chi connectivity index (χ4v) is 8.10. The molecule has 0 unspecified atom stereocenters. The van der Waals surface area contributed by atoms with Gasteiger partial charge in [0, 0.05) is 41.9 Å². The third kappa shape index (κ3) is 6.27. The Hall–Kier alpha value is -3.18. The summed E-state index contributed by atoms with van der Waals surface area (Å²) in [7, 11) is -1.50. The van der Waals surface area contributed by atoms with Gasteiger partial charge in [-0.2, -0.15) is 13.2 Å². The molecule has 2 aromatic carbocycles. The van der Waals surface area contributed by atoms with Crippen molar-refractivity contribution < 1.29 is 26.4 Å². The third-order valence-electron chi connectivity index (χ3n) is 8.88. The molecule has 226 valence electrons. The Balaban J connectivity index is 1.37. The number of likely N-dealkylation sites (tertiary alicyclic amines) is 1. The first-order valence-electron chi connectivity index (χ1n) is 14.4. The van der Waals surface area contributed by atoms with Crippen molar-refractivity contribution in [3.63, 3.8) is 0 Å². The summed E-state index contributed by atoms with van der Waals surface area (Å²) in [5.41, 5.74) is -0.0479. The molecule has 0 spiro atoms. The van der Waals surface area contributed by atoms with Crippen molar-refractivity contribution >= 4 is 32.3 Å². The van der Waals surface area contributed by atoms with Gasteiger partial charge in [0.15, 0.2) is 9.84 Å². The fraction of sp³-hybridized carbons (Fsp3) is 0.484. The number of halogens is 3. The second kappa shape index (κ2) is 11.8. The predicted octanol–water partition coefficient (Wildman–Crippen LogP) is 5.62. The number of nitrogens with zero attached hydrogens (tertiary/aromatic N) is 3. The standard InChI is InChI=1S/C31H37F3N4O3S/c1-20(2)37(3)23-10-12-29(21(17-23)19-42(40,41)24-7-5-4-6-8-24)38-16-14-27(30(38)39)36-26-13-15-35-28-18-22(31(32,33)34)9-11-25(26)28/h4-9,11,13,15,18,20-21,23,27,29H,10,12,14,16-17,19H2,1-3H3,(H,35,36)/t21-,23-,27-,29+/m1/s1. The molecule has 1 aliphatic carbocycles. The zero-order valence-corrected chi connectivity index (χ0v) is 24.8. The van der Waals surface area contributed by atoms with Crippen LogP contribution in [-0.2, 0) is 20.8 Å². The topological polar surface area (TPSA) is 82.6 Å². The van der Waals surface area contributed by atoms with Gasteiger partial charge < -0.3 is 15.1 Å². The highest BCUT2D eigenvalue weighted by Crippen LogP contribution is 2.37. The summed E-state index contributed by atoms with van der Waals surface area (Å²) < 4.78 is 66.6. The van der Waals surface area contributed by atoms with Crippen LogP contribution in [-0.4, -0.2) is 72.6 Å². The number of amides is 1. The first kappa shape index (κ1) is 30.3. The number of aromatic nitrogens is 1. The molecule has 4 atom stereocenters. The Labute approximate surface area is 245 Å². The maximum atomic E-state index is 13.8. The van der Waals surface area contributed by atoms with E-state index < -0.39 is 27.6 Å². The minimum Gasteiger partial charge on any atom is -0.373 e. The molecule has 2 heterocycles. The first-order valence-corrected chi connectivity index (χ1v) is 16.0.